The Morgan fingerprint density at radius 3 is 2.89 bits per heavy atom. The Labute approximate surface area is 109 Å². The van der Waals surface area contributed by atoms with Crippen molar-refractivity contribution >= 4 is 23.3 Å². The molecule has 1 rings (SSSR count). The lowest BCUT2D eigenvalue weighted by molar-refractivity contribution is 0.0650. The molecule has 0 atom stereocenters. The van der Waals surface area contributed by atoms with Crippen molar-refractivity contribution in [2.24, 2.45) is 0 Å². The molecule has 7 heteroatoms. The first-order valence-electron chi connectivity index (χ1n) is 5.20. The molecule has 2 N–H and O–H groups in total. The first-order chi connectivity index (χ1) is 8.63. The molecule has 0 bridgehead atoms. The number of anilines is 1. The van der Waals surface area contributed by atoms with Gasteiger partial charge in [-0.25, -0.2) is 9.18 Å². The van der Waals surface area contributed by atoms with Gasteiger partial charge in [-0.2, -0.15) is 0 Å². The summed E-state index contributed by atoms with van der Waals surface area (Å²) >= 11 is 5.57. The molecule has 100 valence electrons. The van der Waals surface area contributed by atoms with Crippen LogP contribution in [0.15, 0.2) is 18.2 Å². The quantitative estimate of drug-likeness (QED) is 0.619. The zero-order valence-electron chi connectivity index (χ0n) is 9.83. The number of ether oxygens (including phenoxy) is 2. The van der Waals surface area contributed by atoms with E-state index in [1.54, 1.807) is 7.11 Å². The highest BCUT2D eigenvalue weighted by molar-refractivity contribution is 6.31. The van der Waals surface area contributed by atoms with Crippen molar-refractivity contribution in [3.63, 3.8) is 0 Å². The van der Waals surface area contributed by atoms with Crippen molar-refractivity contribution in [1.82, 2.24) is 5.32 Å². The van der Waals surface area contributed by atoms with E-state index in [-0.39, 0.29) is 11.8 Å². The molecule has 0 radical (unpaired) electrons. The van der Waals surface area contributed by atoms with Crippen molar-refractivity contribution in [2.75, 3.05) is 32.4 Å². The lowest BCUT2D eigenvalue weighted by Gasteiger charge is -2.08. The molecule has 0 aliphatic rings. The first-order valence-corrected chi connectivity index (χ1v) is 5.58. The van der Waals surface area contributed by atoms with Gasteiger partial charge in [-0.05, 0) is 18.2 Å². The van der Waals surface area contributed by atoms with Crippen LogP contribution in [-0.4, -0.2) is 33.1 Å². The van der Waals surface area contributed by atoms with E-state index in [4.69, 9.17) is 21.1 Å². The minimum absolute atomic E-state index is 0.0517. The molecular weight excluding hydrogens is 263 g/mol. The van der Waals surface area contributed by atoms with E-state index in [1.165, 1.54) is 18.2 Å². The molecule has 0 saturated carbocycles. The molecule has 0 aliphatic carbocycles. The van der Waals surface area contributed by atoms with E-state index in [0.717, 1.165) is 0 Å². The molecule has 1 aromatic rings. The van der Waals surface area contributed by atoms with Crippen molar-refractivity contribution < 1.29 is 18.7 Å². The lowest BCUT2D eigenvalue weighted by Crippen LogP contribution is -2.31. The maximum absolute atomic E-state index is 12.9. The van der Waals surface area contributed by atoms with Crippen LogP contribution >= 0.6 is 11.6 Å². The second kappa shape index (κ2) is 7.86. The van der Waals surface area contributed by atoms with E-state index in [9.17, 15) is 9.18 Å². The summed E-state index contributed by atoms with van der Waals surface area (Å²) in [6, 6.07) is 3.44. The number of amides is 2. The average Bonchev–Trinajstić information content (AvgIpc) is 2.34. The lowest BCUT2D eigenvalue weighted by atomic mass is 10.3. The predicted octanol–water partition coefficient (Wildman–Crippen LogP) is 2.22. The van der Waals surface area contributed by atoms with Crippen molar-refractivity contribution in [2.45, 2.75) is 0 Å². The fourth-order valence-electron chi connectivity index (χ4n) is 1.08. The van der Waals surface area contributed by atoms with E-state index in [1.807, 2.05) is 0 Å². The van der Waals surface area contributed by atoms with Gasteiger partial charge in [-0.3, -0.25) is 0 Å². The third-order valence-electron chi connectivity index (χ3n) is 1.94. The van der Waals surface area contributed by atoms with Crippen molar-refractivity contribution in [3.8, 4) is 0 Å². The fraction of sp³-hybridized carbons (Fsp3) is 0.364. The van der Waals surface area contributed by atoms with Crippen LogP contribution in [0.5, 0.6) is 0 Å². The van der Waals surface area contributed by atoms with Gasteiger partial charge in [0.2, 0.25) is 0 Å². The van der Waals surface area contributed by atoms with Gasteiger partial charge in [0.25, 0.3) is 0 Å². The summed E-state index contributed by atoms with van der Waals surface area (Å²) in [5, 5.41) is 4.90. The van der Waals surface area contributed by atoms with Crippen LogP contribution in [0.2, 0.25) is 5.02 Å². The second-order valence-electron chi connectivity index (χ2n) is 3.31. The highest BCUT2D eigenvalue weighted by Crippen LogP contribution is 2.18. The Morgan fingerprint density at radius 2 is 2.22 bits per heavy atom. The summed E-state index contributed by atoms with van der Waals surface area (Å²) in [5.41, 5.74) is 0.399. The zero-order chi connectivity index (χ0) is 13.4. The molecule has 0 heterocycles. The number of nitrogens with one attached hydrogen (secondary N) is 2. The van der Waals surface area contributed by atoms with Crippen LogP contribution in [0.25, 0.3) is 0 Å². The van der Waals surface area contributed by atoms with Crippen LogP contribution in [0, 0.1) is 5.82 Å². The topological polar surface area (TPSA) is 59.6 Å². The number of carbonyl (C=O) groups is 1. The summed E-state index contributed by atoms with van der Waals surface area (Å²) in [6.07, 6.45) is 0. The smallest absolute Gasteiger partial charge is 0.321 e. The molecule has 5 nitrogen and oxygen atoms in total. The van der Waals surface area contributed by atoms with Gasteiger partial charge < -0.3 is 20.1 Å². The summed E-state index contributed by atoms with van der Waals surface area (Å²) in [7, 11) is 1.56. The number of hydrogen-bond acceptors (Lipinski definition) is 3. The Bertz CT molecular complexity index is 404. The molecule has 0 fully saturated rings. The summed E-state index contributed by atoms with van der Waals surface area (Å²) in [4.78, 5) is 11.4. The number of halogens is 2. The molecule has 0 unspecified atom stereocenters. The normalized spacial score (nSPS) is 10.2. The number of benzene rings is 1. The highest BCUT2D eigenvalue weighted by atomic mass is 35.5. The molecule has 0 spiro atoms. The van der Waals surface area contributed by atoms with Gasteiger partial charge in [0, 0.05) is 12.8 Å². The number of urea groups is 1. The third-order valence-corrected chi connectivity index (χ3v) is 2.23. The number of carbonyl (C=O) groups excluding carboxylic acids is 1. The molecule has 1 aromatic carbocycles. The monoisotopic (exact) mass is 276 g/mol. The summed E-state index contributed by atoms with van der Waals surface area (Å²) in [5.74, 6) is -0.537. The maximum Gasteiger partial charge on any atom is 0.321 e. The van der Waals surface area contributed by atoms with Crippen LogP contribution in [-0.2, 0) is 9.47 Å². The van der Waals surface area contributed by atoms with Crippen LogP contribution in [0.3, 0.4) is 0 Å². The SMILES string of the molecule is COCCOCNC(=O)Nc1ccc(F)c(Cl)c1. The standard InChI is InChI=1S/C11H14ClFN2O3/c1-17-4-5-18-7-14-11(16)15-8-2-3-10(13)9(12)6-8/h2-3,6H,4-5,7H2,1H3,(H2,14,15,16). The Morgan fingerprint density at radius 1 is 1.44 bits per heavy atom. The van der Waals surface area contributed by atoms with Crippen LogP contribution in [0.4, 0.5) is 14.9 Å². The van der Waals surface area contributed by atoms with Crippen LogP contribution < -0.4 is 10.6 Å². The van der Waals surface area contributed by atoms with Gasteiger partial charge in [0.1, 0.15) is 12.5 Å². The number of hydrogen-bond donors (Lipinski definition) is 2. The second-order valence-corrected chi connectivity index (χ2v) is 3.71. The predicted molar refractivity (Wildman–Crippen MR) is 66.3 cm³/mol. The Hall–Kier alpha value is -1.37. The van der Waals surface area contributed by atoms with Gasteiger partial charge >= 0.3 is 6.03 Å². The molecule has 18 heavy (non-hydrogen) atoms. The van der Waals surface area contributed by atoms with Crippen LogP contribution in [0.1, 0.15) is 0 Å². The Kier molecular flexibility index (Phi) is 6.42. The third kappa shape index (κ3) is 5.31. The fourth-order valence-corrected chi connectivity index (χ4v) is 1.26. The number of methoxy groups -OCH3 is 1. The molecule has 0 aliphatic heterocycles. The minimum Gasteiger partial charge on any atom is -0.382 e. The van der Waals surface area contributed by atoms with Gasteiger partial charge in [0.05, 0.1) is 18.2 Å². The molecule has 0 aromatic heterocycles. The number of rotatable bonds is 6. The summed E-state index contributed by atoms with van der Waals surface area (Å²) in [6.45, 7) is 0.903. The molecular formula is C11H14ClFN2O3. The Balaban J connectivity index is 2.29. The van der Waals surface area contributed by atoms with Gasteiger partial charge in [0.15, 0.2) is 0 Å². The van der Waals surface area contributed by atoms with Gasteiger partial charge in [-0.15, -0.1) is 0 Å². The molecule has 2 amide bonds. The minimum atomic E-state index is -0.537. The highest BCUT2D eigenvalue weighted by Gasteiger charge is 2.04. The van der Waals surface area contributed by atoms with E-state index in [2.05, 4.69) is 10.6 Å². The van der Waals surface area contributed by atoms with E-state index in [0.29, 0.717) is 18.9 Å². The van der Waals surface area contributed by atoms with Gasteiger partial charge in [-0.1, -0.05) is 11.6 Å². The van der Waals surface area contributed by atoms with E-state index >= 15 is 0 Å². The van der Waals surface area contributed by atoms with Crippen molar-refractivity contribution in [1.29, 1.82) is 0 Å². The zero-order valence-corrected chi connectivity index (χ0v) is 10.6. The van der Waals surface area contributed by atoms with Crippen molar-refractivity contribution in [3.05, 3.63) is 29.0 Å². The largest absolute Gasteiger partial charge is 0.382 e. The van der Waals surface area contributed by atoms with E-state index < -0.39 is 11.8 Å². The first kappa shape index (κ1) is 14.7. The summed E-state index contributed by atoms with van der Waals surface area (Å²) < 4.78 is 22.7. The maximum atomic E-state index is 12.9. The average molecular weight is 277 g/mol. The molecule has 0 saturated heterocycles.